The van der Waals surface area contributed by atoms with Gasteiger partial charge in [0.05, 0.1) is 0 Å². The molecule has 1 aromatic rings. The minimum absolute atomic E-state index is 0.642. The van der Waals surface area contributed by atoms with E-state index in [1.54, 1.807) is 0 Å². The number of unbranched alkanes of at least 4 members (excludes halogenated alkanes) is 1. The molecule has 1 aromatic carbocycles. The van der Waals surface area contributed by atoms with E-state index in [1.807, 2.05) is 0 Å². The van der Waals surface area contributed by atoms with Gasteiger partial charge in [0.2, 0.25) is 0 Å². The first-order valence-electron chi connectivity index (χ1n) is 7.68. The van der Waals surface area contributed by atoms with E-state index >= 15 is 0 Å². The fourth-order valence-corrected chi connectivity index (χ4v) is 2.23. The van der Waals surface area contributed by atoms with E-state index in [2.05, 4.69) is 49.5 Å². The van der Waals surface area contributed by atoms with Crippen LogP contribution < -0.4 is 5.32 Å². The lowest BCUT2D eigenvalue weighted by Crippen LogP contribution is -2.25. The van der Waals surface area contributed by atoms with Crippen molar-refractivity contribution in [1.29, 1.82) is 0 Å². The van der Waals surface area contributed by atoms with E-state index in [0.29, 0.717) is 6.04 Å². The maximum atomic E-state index is 5.68. The van der Waals surface area contributed by atoms with E-state index in [1.165, 1.54) is 24.8 Å². The first kappa shape index (κ1) is 16.2. The molecule has 0 radical (unpaired) electrons. The van der Waals surface area contributed by atoms with E-state index in [9.17, 15) is 0 Å². The van der Waals surface area contributed by atoms with Crippen molar-refractivity contribution in [2.45, 2.75) is 52.0 Å². The molecule has 0 saturated carbocycles. The first-order valence-corrected chi connectivity index (χ1v) is 7.68. The molecule has 0 spiro atoms. The first-order chi connectivity index (χ1) is 9.33. The van der Waals surface area contributed by atoms with Gasteiger partial charge in [0, 0.05) is 19.3 Å². The molecule has 0 amide bonds. The van der Waals surface area contributed by atoms with Crippen LogP contribution in [0.25, 0.3) is 0 Å². The quantitative estimate of drug-likeness (QED) is 0.613. The molecule has 19 heavy (non-hydrogen) atoms. The molecule has 0 heterocycles. The van der Waals surface area contributed by atoms with Gasteiger partial charge in [-0.15, -0.1) is 0 Å². The highest BCUT2D eigenvalue weighted by Gasteiger charge is 1.99. The van der Waals surface area contributed by atoms with Crippen LogP contribution in [0, 0.1) is 0 Å². The van der Waals surface area contributed by atoms with Crippen molar-refractivity contribution in [3.05, 3.63) is 35.9 Å². The van der Waals surface area contributed by atoms with Crippen LogP contribution in [0.2, 0.25) is 0 Å². The lowest BCUT2D eigenvalue weighted by Gasteiger charge is -2.11. The zero-order chi connectivity index (χ0) is 13.8. The maximum Gasteiger partial charge on any atom is 0.0469 e. The number of hydrogen-bond acceptors (Lipinski definition) is 2. The second kappa shape index (κ2) is 11.0. The fraction of sp³-hybridized carbons (Fsp3) is 0.647. The summed E-state index contributed by atoms with van der Waals surface area (Å²) in [5.41, 5.74) is 1.41. The minimum Gasteiger partial charge on any atom is -0.381 e. The normalized spacial score (nSPS) is 12.5. The molecule has 0 fully saturated rings. The van der Waals surface area contributed by atoms with Crippen LogP contribution in [0.1, 0.15) is 45.1 Å². The highest BCUT2D eigenvalue weighted by Crippen LogP contribution is 2.04. The number of ether oxygens (including phenoxy) is 1. The molecule has 0 saturated heterocycles. The van der Waals surface area contributed by atoms with Crippen molar-refractivity contribution in [1.82, 2.24) is 5.32 Å². The van der Waals surface area contributed by atoms with E-state index in [0.717, 1.165) is 32.6 Å². The average molecular weight is 263 g/mol. The Morgan fingerprint density at radius 1 is 1.05 bits per heavy atom. The largest absolute Gasteiger partial charge is 0.381 e. The van der Waals surface area contributed by atoms with Gasteiger partial charge in [-0.25, -0.2) is 0 Å². The van der Waals surface area contributed by atoms with Crippen LogP contribution in [0.5, 0.6) is 0 Å². The van der Waals surface area contributed by atoms with Gasteiger partial charge in [0.25, 0.3) is 0 Å². The summed E-state index contributed by atoms with van der Waals surface area (Å²) in [5.74, 6) is 0. The second-order valence-electron chi connectivity index (χ2n) is 5.16. The fourth-order valence-electron chi connectivity index (χ4n) is 2.23. The van der Waals surface area contributed by atoms with Crippen LogP contribution >= 0.6 is 0 Å². The summed E-state index contributed by atoms with van der Waals surface area (Å²) in [6.07, 6.45) is 5.94. The van der Waals surface area contributed by atoms with Crippen LogP contribution in [-0.4, -0.2) is 25.8 Å². The molecule has 1 atom stereocenters. The summed E-state index contributed by atoms with van der Waals surface area (Å²) in [7, 11) is 0. The van der Waals surface area contributed by atoms with Gasteiger partial charge in [-0.1, -0.05) is 37.3 Å². The van der Waals surface area contributed by atoms with E-state index < -0.39 is 0 Å². The third-order valence-corrected chi connectivity index (χ3v) is 3.33. The third-order valence-electron chi connectivity index (χ3n) is 3.33. The number of rotatable bonds is 11. The molecule has 0 aliphatic carbocycles. The number of aryl methyl sites for hydroxylation is 1. The van der Waals surface area contributed by atoms with Crippen molar-refractivity contribution in [2.75, 3.05) is 19.8 Å². The monoisotopic (exact) mass is 263 g/mol. The molecule has 2 nitrogen and oxygen atoms in total. The summed E-state index contributed by atoms with van der Waals surface area (Å²) in [6.45, 7) is 7.28. The van der Waals surface area contributed by atoms with Gasteiger partial charge in [-0.2, -0.15) is 0 Å². The van der Waals surface area contributed by atoms with Crippen molar-refractivity contribution in [2.24, 2.45) is 0 Å². The Morgan fingerprint density at radius 3 is 2.53 bits per heavy atom. The third kappa shape index (κ3) is 8.79. The van der Waals surface area contributed by atoms with Crippen molar-refractivity contribution < 1.29 is 4.74 Å². The summed E-state index contributed by atoms with van der Waals surface area (Å²) in [5, 5.41) is 3.43. The second-order valence-corrected chi connectivity index (χ2v) is 5.16. The summed E-state index contributed by atoms with van der Waals surface area (Å²) >= 11 is 0. The van der Waals surface area contributed by atoms with Crippen LogP contribution in [-0.2, 0) is 11.2 Å². The Kier molecular flexibility index (Phi) is 9.38. The van der Waals surface area contributed by atoms with Gasteiger partial charge >= 0.3 is 0 Å². The highest BCUT2D eigenvalue weighted by atomic mass is 16.5. The highest BCUT2D eigenvalue weighted by molar-refractivity contribution is 5.14. The van der Waals surface area contributed by atoms with Gasteiger partial charge in [0.15, 0.2) is 0 Å². The summed E-state index contributed by atoms with van der Waals surface area (Å²) < 4.78 is 5.68. The van der Waals surface area contributed by atoms with Gasteiger partial charge in [0.1, 0.15) is 0 Å². The summed E-state index contributed by atoms with van der Waals surface area (Å²) in [4.78, 5) is 0. The Balaban J connectivity index is 1.86. The lowest BCUT2D eigenvalue weighted by molar-refractivity contribution is 0.127. The molecule has 0 aliphatic heterocycles. The van der Waals surface area contributed by atoms with Gasteiger partial charge < -0.3 is 10.1 Å². The Labute approximate surface area is 118 Å². The lowest BCUT2D eigenvalue weighted by atomic mass is 10.1. The molecular weight excluding hydrogens is 234 g/mol. The van der Waals surface area contributed by atoms with Crippen LogP contribution in [0.4, 0.5) is 0 Å². The maximum absolute atomic E-state index is 5.68. The van der Waals surface area contributed by atoms with Crippen molar-refractivity contribution in [3.8, 4) is 0 Å². The number of nitrogens with one attached hydrogen (secondary N) is 1. The molecule has 108 valence electrons. The average Bonchev–Trinajstić information content (AvgIpc) is 2.43. The number of hydrogen-bond donors (Lipinski definition) is 1. The molecule has 0 bridgehead atoms. The zero-order valence-electron chi connectivity index (χ0n) is 12.5. The zero-order valence-corrected chi connectivity index (χ0v) is 12.5. The smallest absolute Gasteiger partial charge is 0.0469 e. The van der Waals surface area contributed by atoms with Crippen LogP contribution in [0.3, 0.4) is 0 Å². The summed E-state index contributed by atoms with van der Waals surface area (Å²) in [6, 6.07) is 11.3. The molecule has 0 aliphatic rings. The SMILES string of the molecule is CCNC(C)CCCCOCCCc1ccccc1. The topological polar surface area (TPSA) is 21.3 Å². The molecule has 1 unspecified atom stereocenters. The van der Waals surface area contributed by atoms with E-state index in [4.69, 9.17) is 4.74 Å². The van der Waals surface area contributed by atoms with Crippen molar-refractivity contribution in [3.63, 3.8) is 0 Å². The predicted molar refractivity (Wildman–Crippen MR) is 82.6 cm³/mol. The minimum atomic E-state index is 0.642. The van der Waals surface area contributed by atoms with Gasteiger partial charge in [-0.05, 0) is 51.1 Å². The van der Waals surface area contributed by atoms with Crippen LogP contribution in [0.15, 0.2) is 30.3 Å². The Hall–Kier alpha value is -0.860. The van der Waals surface area contributed by atoms with E-state index in [-0.39, 0.29) is 0 Å². The Bertz CT molecular complexity index is 299. The Morgan fingerprint density at radius 2 is 1.79 bits per heavy atom. The van der Waals surface area contributed by atoms with Crippen molar-refractivity contribution >= 4 is 0 Å². The predicted octanol–water partition coefficient (Wildman–Crippen LogP) is 3.80. The number of benzene rings is 1. The molecule has 1 rings (SSSR count). The molecule has 1 N–H and O–H groups in total. The molecular formula is C17H29NO. The molecule has 2 heteroatoms. The molecule has 0 aromatic heterocycles. The van der Waals surface area contributed by atoms with Gasteiger partial charge in [-0.3, -0.25) is 0 Å². The standard InChI is InChI=1S/C17H29NO/c1-3-18-16(2)10-7-8-14-19-15-9-13-17-11-5-4-6-12-17/h4-6,11-12,16,18H,3,7-10,13-15H2,1-2H3.